The summed E-state index contributed by atoms with van der Waals surface area (Å²) in [5.41, 5.74) is -0.741. The Morgan fingerprint density at radius 2 is 1.84 bits per heavy atom. The van der Waals surface area contributed by atoms with Gasteiger partial charge in [-0.1, -0.05) is 18.2 Å². The topological polar surface area (TPSA) is 88.8 Å². The Hall–Kier alpha value is -2.76. The van der Waals surface area contributed by atoms with Gasteiger partial charge < -0.3 is 14.9 Å². The summed E-state index contributed by atoms with van der Waals surface area (Å²) in [5, 5.41) is 19.6. The molecule has 0 aliphatic rings. The highest BCUT2D eigenvalue weighted by atomic mass is 16.5. The second-order valence-electron chi connectivity index (χ2n) is 3.73. The van der Waals surface area contributed by atoms with E-state index in [1.165, 1.54) is 0 Å². The minimum Gasteiger partial charge on any atom is -0.507 e. The third-order valence-corrected chi connectivity index (χ3v) is 2.58. The zero-order valence-electron chi connectivity index (χ0n) is 10.0. The molecule has 0 amide bonds. The number of aromatic nitrogens is 1. The van der Waals surface area contributed by atoms with Crippen LogP contribution in [-0.4, -0.2) is 27.9 Å². The van der Waals surface area contributed by atoms with Crippen molar-refractivity contribution in [3.8, 4) is 17.3 Å². The Bertz CT molecular complexity index is 675. The lowest BCUT2D eigenvalue weighted by Crippen LogP contribution is -2.20. The summed E-state index contributed by atoms with van der Waals surface area (Å²) in [7, 11) is 1.11. The lowest BCUT2D eigenvalue weighted by Gasteiger charge is -2.12. The molecule has 2 rings (SSSR count). The monoisotopic (exact) mass is 261 g/mol. The number of esters is 1. The Morgan fingerprint density at radius 3 is 2.42 bits per heavy atom. The van der Waals surface area contributed by atoms with Crippen LogP contribution in [-0.2, 0) is 4.74 Å². The lowest BCUT2D eigenvalue weighted by molar-refractivity contribution is 0.0592. The fourth-order valence-electron chi connectivity index (χ4n) is 1.71. The molecule has 0 atom stereocenters. The second-order valence-corrected chi connectivity index (χ2v) is 3.73. The Labute approximate surface area is 108 Å². The number of carbonyl (C=O) groups is 1. The van der Waals surface area contributed by atoms with E-state index >= 15 is 0 Å². The van der Waals surface area contributed by atoms with E-state index in [0.717, 1.165) is 17.7 Å². The maximum Gasteiger partial charge on any atom is 0.347 e. The molecule has 98 valence electrons. The van der Waals surface area contributed by atoms with Crippen molar-refractivity contribution in [3.05, 3.63) is 52.3 Å². The normalized spacial score (nSPS) is 10.2. The van der Waals surface area contributed by atoms with Crippen LogP contribution in [0.25, 0.3) is 5.69 Å². The zero-order chi connectivity index (χ0) is 14.0. The molecule has 19 heavy (non-hydrogen) atoms. The largest absolute Gasteiger partial charge is 0.507 e. The van der Waals surface area contributed by atoms with Gasteiger partial charge in [-0.05, 0) is 12.1 Å². The van der Waals surface area contributed by atoms with Gasteiger partial charge in [-0.2, -0.15) is 0 Å². The molecule has 0 fully saturated rings. The number of hydrogen-bond donors (Lipinski definition) is 2. The molecule has 6 heteroatoms. The molecule has 0 aliphatic carbocycles. The summed E-state index contributed by atoms with van der Waals surface area (Å²) in [4.78, 5) is 23.3. The second kappa shape index (κ2) is 4.85. The van der Waals surface area contributed by atoms with Gasteiger partial charge in [0.15, 0.2) is 5.56 Å². The van der Waals surface area contributed by atoms with Crippen LogP contribution in [0.2, 0.25) is 0 Å². The molecule has 1 aromatic carbocycles. The lowest BCUT2D eigenvalue weighted by atomic mass is 10.2. The van der Waals surface area contributed by atoms with Crippen molar-refractivity contribution in [1.82, 2.24) is 4.57 Å². The molecule has 1 aromatic heterocycles. The van der Waals surface area contributed by atoms with Crippen molar-refractivity contribution < 1.29 is 19.7 Å². The number of pyridine rings is 1. The quantitative estimate of drug-likeness (QED) is 0.788. The van der Waals surface area contributed by atoms with Gasteiger partial charge in [0, 0.05) is 6.07 Å². The van der Waals surface area contributed by atoms with Gasteiger partial charge in [0.05, 0.1) is 12.8 Å². The summed E-state index contributed by atoms with van der Waals surface area (Å²) in [6.07, 6.45) is 0. The fraction of sp³-hybridized carbons (Fsp3) is 0.0769. The van der Waals surface area contributed by atoms with E-state index in [4.69, 9.17) is 0 Å². The maximum atomic E-state index is 11.8. The van der Waals surface area contributed by atoms with Crippen LogP contribution in [0.5, 0.6) is 11.6 Å². The van der Waals surface area contributed by atoms with Gasteiger partial charge >= 0.3 is 5.97 Å². The maximum absolute atomic E-state index is 11.8. The van der Waals surface area contributed by atoms with Gasteiger partial charge in [-0.15, -0.1) is 0 Å². The number of rotatable bonds is 2. The van der Waals surface area contributed by atoms with Crippen molar-refractivity contribution in [2.75, 3.05) is 7.11 Å². The van der Waals surface area contributed by atoms with Crippen LogP contribution < -0.4 is 5.56 Å². The predicted molar refractivity (Wildman–Crippen MR) is 66.7 cm³/mol. The minimum atomic E-state index is -0.931. The van der Waals surface area contributed by atoms with Crippen molar-refractivity contribution in [1.29, 1.82) is 0 Å². The number of benzene rings is 1. The summed E-state index contributed by atoms with van der Waals surface area (Å²) in [5.74, 6) is -2.22. The van der Waals surface area contributed by atoms with Crippen molar-refractivity contribution in [2.45, 2.75) is 0 Å². The molecule has 0 spiro atoms. The van der Waals surface area contributed by atoms with Gasteiger partial charge in [-0.25, -0.2) is 9.36 Å². The standard InChI is InChI=1S/C13H11NO5/c1-19-13(18)11-9(15)7-10(16)14(12(11)17)8-5-3-2-4-6-8/h2-7,15,17H,1H3. The molecule has 0 radical (unpaired) electrons. The molecular weight excluding hydrogens is 250 g/mol. The summed E-state index contributed by atoms with van der Waals surface area (Å²) < 4.78 is 5.36. The number of nitrogens with zero attached hydrogens (tertiary/aromatic N) is 1. The van der Waals surface area contributed by atoms with Crippen LogP contribution in [0.1, 0.15) is 10.4 Å². The van der Waals surface area contributed by atoms with Gasteiger partial charge in [-0.3, -0.25) is 4.79 Å². The number of methoxy groups -OCH3 is 1. The van der Waals surface area contributed by atoms with E-state index in [1.807, 2.05) is 0 Å². The van der Waals surface area contributed by atoms with E-state index in [2.05, 4.69) is 4.74 Å². The fourth-order valence-corrected chi connectivity index (χ4v) is 1.71. The van der Waals surface area contributed by atoms with Crippen LogP contribution >= 0.6 is 0 Å². The number of para-hydroxylation sites is 1. The first kappa shape index (κ1) is 12.7. The first-order valence-corrected chi connectivity index (χ1v) is 5.38. The highest BCUT2D eigenvalue weighted by Gasteiger charge is 2.22. The van der Waals surface area contributed by atoms with E-state index in [1.54, 1.807) is 30.3 Å². The van der Waals surface area contributed by atoms with E-state index in [9.17, 15) is 19.8 Å². The first-order valence-electron chi connectivity index (χ1n) is 5.38. The van der Waals surface area contributed by atoms with E-state index < -0.39 is 28.7 Å². The van der Waals surface area contributed by atoms with Crippen molar-refractivity contribution in [3.63, 3.8) is 0 Å². The van der Waals surface area contributed by atoms with Crippen LogP contribution in [0.3, 0.4) is 0 Å². The van der Waals surface area contributed by atoms with Crippen molar-refractivity contribution >= 4 is 5.97 Å². The molecule has 0 bridgehead atoms. The van der Waals surface area contributed by atoms with E-state index in [-0.39, 0.29) is 0 Å². The molecule has 0 unspecified atom stereocenters. The molecule has 6 nitrogen and oxygen atoms in total. The van der Waals surface area contributed by atoms with Gasteiger partial charge in [0.1, 0.15) is 5.75 Å². The molecule has 2 aromatic rings. The Morgan fingerprint density at radius 1 is 1.21 bits per heavy atom. The molecular formula is C13H11NO5. The van der Waals surface area contributed by atoms with Crippen molar-refractivity contribution in [2.24, 2.45) is 0 Å². The van der Waals surface area contributed by atoms with Gasteiger partial charge in [0.2, 0.25) is 5.88 Å². The molecule has 0 aliphatic heterocycles. The SMILES string of the molecule is COC(=O)c1c(O)cc(=O)n(-c2ccccc2)c1O. The summed E-state index contributed by atoms with van der Waals surface area (Å²) in [6, 6.07) is 9.10. The highest BCUT2D eigenvalue weighted by Crippen LogP contribution is 2.27. The smallest absolute Gasteiger partial charge is 0.347 e. The van der Waals surface area contributed by atoms with Crippen LogP contribution in [0.15, 0.2) is 41.2 Å². The first-order chi connectivity index (χ1) is 9.06. The minimum absolute atomic E-state index is 0.371. The molecule has 1 heterocycles. The highest BCUT2D eigenvalue weighted by molar-refractivity contribution is 5.94. The Kier molecular flexibility index (Phi) is 3.24. The van der Waals surface area contributed by atoms with Gasteiger partial charge in [0.25, 0.3) is 5.56 Å². The summed E-state index contributed by atoms with van der Waals surface area (Å²) >= 11 is 0. The number of ether oxygens (including phenoxy) is 1. The van der Waals surface area contributed by atoms with Crippen LogP contribution in [0, 0.1) is 0 Å². The summed E-state index contributed by atoms with van der Waals surface area (Å²) in [6.45, 7) is 0. The molecule has 0 saturated heterocycles. The average molecular weight is 261 g/mol. The predicted octanol–water partition coefficient (Wildman–Crippen LogP) is 1.04. The molecule has 2 N–H and O–H groups in total. The molecule has 0 saturated carbocycles. The van der Waals surface area contributed by atoms with E-state index in [0.29, 0.717) is 5.69 Å². The number of aromatic hydroxyl groups is 2. The third kappa shape index (κ3) is 2.15. The number of carbonyl (C=O) groups excluding carboxylic acids is 1. The Balaban J connectivity index is 2.76. The average Bonchev–Trinajstić information content (AvgIpc) is 2.39. The third-order valence-electron chi connectivity index (χ3n) is 2.58. The zero-order valence-corrected chi connectivity index (χ0v) is 10.0. The number of hydrogen-bond acceptors (Lipinski definition) is 5. The van der Waals surface area contributed by atoms with Crippen LogP contribution in [0.4, 0.5) is 0 Å².